The summed E-state index contributed by atoms with van der Waals surface area (Å²) in [6.07, 6.45) is 6.53. The first-order valence-corrected chi connectivity index (χ1v) is 7.09. The Bertz CT molecular complexity index is 432. The Morgan fingerprint density at radius 3 is 2.33 bits per heavy atom. The number of hydrogen-bond donors (Lipinski definition) is 1. The number of aromatic nitrogens is 3. The normalized spacial score (nSPS) is 18.6. The minimum absolute atomic E-state index is 0.0624. The third-order valence-electron chi connectivity index (χ3n) is 3.56. The lowest BCUT2D eigenvalue weighted by atomic mass is 10.1. The molecule has 0 unspecified atom stereocenters. The number of hydrogen-bond acceptors (Lipinski definition) is 4. The van der Waals surface area contributed by atoms with Gasteiger partial charge in [0.1, 0.15) is 6.61 Å². The van der Waals surface area contributed by atoms with Gasteiger partial charge >= 0.3 is 0 Å². The maximum atomic E-state index is 9.19. The van der Waals surface area contributed by atoms with Gasteiger partial charge in [0.05, 0.1) is 6.67 Å². The fraction of sp³-hybridized carbons (Fsp3) is 0.833. The summed E-state index contributed by atoms with van der Waals surface area (Å²) in [6.45, 7) is 2.92. The SMILES string of the molecule is Cn1c(CO)nn(CN2CCCCCCC2)c1=S. The van der Waals surface area contributed by atoms with E-state index in [0.717, 1.165) is 19.8 Å². The van der Waals surface area contributed by atoms with Crippen LogP contribution in [0.5, 0.6) is 0 Å². The van der Waals surface area contributed by atoms with Crippen molar-refractivity contribution < 1.29 is 5.11 Å². The molecule has 5 nitrogen and oxygen atoms in total. The van der Waals surface area contributed by atoms with Gasteiger partial charge in [-0.2, -0.15) is 5.10 Å². The number of likely N-dealkylation sites (tertiary alicyclic amines) is 1. The summed E-state index contributed by atoms with van der Waals surface area (Å²) < 4.78 is 4.28. The Kier molecular flexibility index (Phi) is 4.91. The van der Waals surface area contributed by atoms with E-state index in [-0.39, 0.29) is 6.61 Å². The van der Waals surface area contributed by atoms with E-state index in [1.54, 1.807) is 4.57 Å². The monoisotopic (exact) mass is 270 g/mol. The lowest BCUT2D eigenvalue weighted by Gasteiger charge is -2.23. The standard InChI is InChI=1S/C12H22N4OS/c1-14-11(9-17)13-16(12(14)18)10-15-7-5-3-2-4-6-8-15/h17H,2-10H2,1H3. The summed E-state index contributed by atoms with van der Waals surface area (Å²) in [5.74, 6) is 0.632. The molecule has 0 radical (unpaired) electrons. The predicted octanol–water partition coefficient (Wildman–Crippen LogP) is 1.67. The van der Waals surface area contributed by atoms with Crippen LogP contribution in [-0.4, -0.2) is 37.4 Å². The molecule has 102 valence electrons. The van der Waals surface area contributed by atoms with E-state index in [0.29, 0.717) is 10.6 Å². The molecule has 1 saturated heterocycles. The molecule has 1 fully saturated rings. The molecule has 1 aromatic rings. The minimum atomic E-state index is -0.0624. The Morgan fingerprint density at radius 2 is 1.78 bits per heavy atom. The highest BCUT2D eigenvalue weighted by atomic mass is 32.1. The Balaban J connectivity index is 2.05. The summed E-state index contributed by atoms with van der Waals surface area (Å²) in [6, 6.07) is 0. The Labute approximate surface area is 113 Å². The van der Waals surface area contributed by atoms with Crippen LogP contribution >= 0.6 is 12.2 Å². The van der Waals surface area contributed by atoms with Crippen molar-refractivity contribution in [2.75, 3.05) is 13.1 Å². The minimum Gasteiger partial charge on any atom is -0.388 e. The summed E-state index contributed by atoms with van der Waals surface area (Å²) in [5, 5.41) is 13.5. The van der Waals surface area contributed by atoms with Crippen molar-refractivity contribution in [2.24, 2.45) is 7.05 Å². The molecule has 0 aromatic carbocycles. The molecule has 0 saturated carbocycles. The summed E-state index contributed by atoms with van der Waals surface area (Å²) in [7, 11) is 1.85. The molecule has 0 aliphatic carbocycles. The summed E-state index contributed by atoms with van der Waals surface area (Å²) in [4.78, 5) is 2.41. The van der Waals surface area contributed by atoms with Gasteiger partial charge in [0.25, 0.3) is 0 Å². The molecule has 0 bridgehead atoms. The topological polar surface area (TPSA) is 46.2 Å². The van der Waals surface area contributed by atoms with Crippen LogP contribution < -0.4 is 0 Å². The molecular weight excluding hydrogens is 248 g/mol. The van der Waals surface area contributed by atoms with Crippen molar-refractivity contribution in [1.29, 1.82) is 0 Å². The van der Waals surface area contributed by atoms with Gasteiger partial charge in [-0.25, -0.2) is 4.68 Å². The first-order valence-electron chi connectivity index (χ1n) is 6.68. The first-order chi connectivity index (χ1) is 8.72. The fourth-order valence-electron chi connectivity index (χ4n) is 2.41. The average molecular weight is 270 g/mol. The Morgan fingerprint density at radius 1 is 1.17 bits per heavy atom. The van der Waals surface area contributed by atoms with Crippen LogP contribution in [0.1, 0.15) is 37.9 Å². The van der Waals surface area contributed by atoms with Gasteiger partial charge < -0.3 is 9.67 Å². The molecule has 1 aromatic heterocycles. The number of aliphatic hydroxyl groups is 1. The van der Waals surface area contributed by atoms with Crippen molar-refractivity contribution in [3.8, 4) is 0 Å². The van der Waals surface area contributed by atoms with E-state index >= 15 is 0 Å². The fourth-order valence-corrected chi connectivity index (χ4v) is 2.61. The van der Waals surface area contributed by atoms with E-state index in [1.807, 2.05) is 11.7 Å². The van der Waals surface area contributed by atoms with Crippen molar-refractivity contribution >= 4 is 12.2 Å². The highest BCUT2D eigenvalue weighted by Crippen LogP contribution is 2.11. The smallest absolute Gasteiger partial charge is 0.198 e. The van der Waals surface area contributed by atoms with Crippen molar-refractivity contribution in [2.45, 2.75) is 45.4 Å². The third-order valence-corrected chi connectivity index (χ3v) is 4.04. The van der Waals surface area contributed by atoms with Gasteiger partial charge in [0.2, 0.25) is 0 Å². The van der Waals surface area contributed by atoms with Crippen LogP contribution in [0.15, 0.2) is 0 Å². The van der Waals surface area contributed by atoms with Crippen molar-refractivity contribution in [3.63, 3.8) is 0 Å². The van der Waals surface area contributed by atoms with Crippen LogP contribution in [0.3, 0.4) is 0 Å². The van der Waals surface area contributed by atoms with Gasteiger partial charge in [-0.3, -0.25) is 4.90 Å². The number of rotatable bonds is 3. The van der Waals surface area contributed by atoms with Crippen LogP contribution in [0, 0.1) is 4.77 Å². The zero-order valence-corrected chi connectivity index (χ0v) is 11.8. The zero-order chi connectivity index (χ0) is 13.0. The highest BCUT2D eigenvalue weighted by Gasteiger charge is 2.12. The van der Waals surface area contributed by atoms with Gasteiger partial charge in [-0.1, -0.05) is 19.3 Å². The quantitative estimate of drug-likeness (QED) is 0.849. The molecule has 0 amide bonds. The predicted molar refractivity (Wildman–Crippen MR) is 72.6 cm³/mol. The number of nitrogens with zero attached hydrogens (tertiary/aromatic N) is 4. The second-order valence-corrected chi connectivity index (χ2v) is 5.31. The van der Waals surface area contributed by atoms with Gasteiger partial charge in [-0.15, -0.1) is 0 Å². The molecule has 18 heavy (non-hydrogen) atoms. The lowest BCUT2D eigenvalue weighted by molar-refractivity contribution is 0.186. The van der Waals surface area contributed by atoms with E-state index in [9.17, 15) is 5.11 Å². The van der Waals surface area contributed by atoms with Gasteiger partial charge in [0.15, 0.2) is 10.6 Å². The van der Waals surface area contributed by atoms with Crippen LogP contribution in [0.4, 0.5) is 0 Å². The third kappa shape index (κ3) is 3.18. The molecule has 2 rings (SSSR count). The largest absolute Gasteiger partial charge is 0.388 e. The maximum Gasteiger partial charge on any atom is 0.198 e. The van der Waals surface area contributed by atoms with Crippen molar-refractivity contribution in [1.82, 2.24) is 19.2 Å². The van der Waals surface area contributed by atoms with Gasteiger partial charge in [0, 0.05) is 7.05 Å². The van der Waals surface area contributed by atoms with E-state index in [1.165, 1.54) is 32.1 Å². The van der Waals surface area contributed by atoms with Crippen molar-refractivity contribution in [3.05, 3.63) is 10.6 Å². The van der Waals surface area contributed by atoms with Gasteiger partial charge in [-0.05, 0) is 38.1 Å². The van der Waals surface area contributed by atoms with Crippen LogP contribution in [-0.2, 0) is 20.3 Å². The molecule has 1 aliphatic rings. The second-order valence-electron chi connectivity index (χ2n) is 4.94. The lowest BCUT2D eigenvalue weighted by Crippen LogP contribution is -2.30. The molecular formula is C12H22N4OS. The molecule has 1 N–H and O–H groups in total. The maximum absolute atomic E-state index is 9.19. The van der Waals surface area contributed by atoms with E-state index < -0.39 is 0 Å². The highest BCUT2D eigenvalue weighted by molar-refractivity contribution is 7.71. The number of aliphatic hydroxyl groups excluding tert-OH is 1. The first kappa shape index (κ1) is 13.7. The molecule has 1 aliphatic heterocycles. The molecule has 6 heteroatoms. The van der Waals surface area contributed by atoms with E-state index in [2.05, 4.69) is 10.00 Å². The molecule has 0 spiro atoms. The van der Waals surface area contributed by atoms with E-state index in [4.69, 9.17) is 12.2 Å². The molecule has 0 atom stereocenters. The van der Waals surface area contributed by atoms with Crippen LogP contribution in [0.2, 0.25) is 0 Å². The summed E-state index contributed by atoms with van der Waals surface area (Å²) in [5.41, 5.74) is 0. The zero-order valence-electron chi connectivity index (χ0n) is 11.0. The molecule has 2 heterocycles. The summed E-state index contributed by atoms with van der Waals surface area (Å²) >= 11 is 5.34. The second kappa shape index (κ2) is 6.45. The Hall–Kier alpha value is -0.720. The average Bonchev–Trinajstić information content (AvgIpc) is 2.60. The van der Waals surface area contributed by atoms with Crippen LogP contribution in [0.25, 0.3) is 0 Å².